The van der Waals surface area contributed by atoms with Crippen LogP contribution in [0.25, 0.3) is 0 Å². The molecule has 1 heterocycles. The van der Waals surface area contributed by atoms with E-state index < -0.39 is 24.9 Å². The van der Waals surface area contributed by atoms with Crippen molar-refractivity contribution in [3.8, 4) is 0 Å². The SMILES string of the molecule is CNC1CCCN(C(=O)CCC(F)(F)F)C1. The predicted octanol–water partition coefficient (Wildman–Crippen LogP) is 1.54. The molecule has 1 saturated heterocycles. The molecule has 0 bridgehead atoms. The van der Waals surface area contributed by atoms with E-state index in [1.807, 2.05) is 0 Å². The van der Waals surface area contributed by atoms with Crippen LogP contribution in [0.2, 0.25) is 0 Å². The second kappa shape index (κ2) is 5.52. The van der Waals surface area contributed by atoms with E-state index in [0.29, 0.717) is 13.1 Å². The van der Waals surface area contributed by atoms with E-state index in [9.17, 15) is 18.0 Å². The molecule has 0 saturated carbocycles. The number of hydrogen-bond acceptors (Lipinski definition) is 2. The first-order valence-electron chi connectivity index (χ1n) is 5.44. The monoisotopic (exact) mass is 238 g/mol. The van der Waals surface area contributed by atoms with Crippen molar-refractivity contribution in [3.63, 3.8) is 0 Å². The van der Waals surface area contributed by atoms with Crippen molar-refractivity contribution in [3.05, 3.63) is 0 Å². The van der Waals surface area contributed by atoms with Crippen LogP contribution in [0.5, 0.6) is 0 Å². The Labute approximate surface area is 93.0 Å². The molecule has 1 amide bonds. The van der Waals surface area contributed by atoms with Gasteiger partial charge >= 0.3 is 6.18 Å². The molecular weight excluding hydrogens is 221 g/mol. The summed E-state index contributed by atoms with van der Waals surface area (Å²) in [6.07, 6.45) is -3.87. The molecule has 0 aromatic heterocycles. The molecule has 94 valence electrons. The summed E-state index contributed by atoms with van der Waals surface area (Å²) in [5.74, 6) is -0.391. The van der Waals surface area contributed by atoms with E-state index in [1.54, 1.807) is 7.05 Å². The Kier molecular flexibility index (Phi) is 4.58. The largest absolute Gasteiger partial charge is 0.389 e. The maximum Gasteiger partial charge on any atom is 0.389 e. The van der Waals surface area contributed by atoms with Crippen LogP contribution in [0.3, 0.4) is 0 Å². The van der Waals surface area contributed by atoms with Crippen LogP contribution < -0.4 is 5.32 Å². The third kappa shape index (κ3) is 4.38. The van der Waals surface area contributed by atoms with Crippen molar-refractivity contribution in [1.82, 2.24) is 10.2 Å². The highest BCUT2D eigenvalue weighted by atomic mass is 19.4. The average Bonchev–Trinajstić information content (AvgIpc) is 2.25. The quantitative estimate of drug-likeness (QED) is 0.809. The van der Waals surface area contributed by atoms with Gasteiger partial charge in [0.15, 0.2) is 0 Å². The van der Waals surface area contributed by atoms with Crippen molar-refractivity contribution in [1.29, 1.82) is 0 Å². The van der Waals surface area contributed by atoms with Gasteiger partial charge in [-0.25, -0.2) is 0 Å². The second-order valence-electron chi connectivity index (χ2n) is 4.08. The normalized spacial score (nSPS) is 22.2. The molecule has 1 aliphatic heterocycles. The van der Waals surface area contributed by atoms with Gasteiger partial charge in [-0.2, -0.15) is 13.2 Å². The summed E-state index contributed by atoms with van der Waals surface area (Å²) in [5, 5.41) is 3.04. The number of nitrogens with zero attached hydrogens (tertiary/aromatic N) is 1. The van der Waals surface area contributed by atoms with Crippen LogP contribution >= 0.6 is 0 Å². The topological polar surface area (TPSA) is 32.3 Å². The summed E-state index contributed by atoms with van der Waals surface area (Å²) in [4.78, 5) is 13.0. The molecule has 1 fully saturated rings. The minimum absolute atomic E-state index is 0.212. The van der Waals surface area contributed by atoms with Crippen LogP contribution in [-0.2, 0) is 4.79 Å². The second-order valence-corrected chi connectivity index (χ2v) is 4.08. The van der Waals surface area contributed by atoms with Gasteiger partial charge in [-0.3, -0.25) is 4.79 Å². The number of carbonyl (C=O) groups is 1. The Morgan fingerprint density at radius 3 is 2.75 bits per heavy atom. The van der Waals surface area contributed by atoms with Gasteiger partial charge in [0.2, 0.25) is 5.91 Å². The number of likely N-dealkylation sites (tertiary alicyclic amines) is 1. The Morgan fingerprint density at radius 2 is 2.19 bits per heavy atom. The molecule has 1 N–H and O–H groups in total. The number of alkyl halides is 3. The molecular formula is C10H17F3N2O. The smallest absolute Gasteiger partial charge is 0.341 e. The lowest BCUT2D eigenvalue weighted by molar-refractivity contribution is -0.149. The molecule has 0 aromatic rings. The van der Waals surface area contributed by atoms with E-state index in [0.717, 1.165) is 12.8 Å². The first-order valence-corrected chi connectivity index (χ1v) is 5.44. The van der Waals surface area contributed by atoms with Crippen LogP contribution in [0.1, 0.15) is 25.7 Å². The number of rotatable bonds is 3. The summed E-state index contributed by atoms with van der Waals surface area (Å²) >= 11 is 0. The Hall–Kier alpha value is -0.780. The minimum Gasteiger partial charge on any atom is -0.341 e. The number of likely N-dealkylation sites (N-methyl/N-ethyl adjacent to an activating group) is 1. The highest BCUT2D eigenvalue weighted by molar-refractivity contribution is 5.76. The maximum absolute atomic E-state index is 11.9. The number of halogens is 3. The van der Waals surface area contributed by atoms with Crippen LogP contribution in [0.4, 0.5) is 13.2 Å². The fourth-order valence-electron chi connectivity index (χ4n) is 1.85. The zero-order chi connectivity index (χ0) is 12.2. The average molecular weight is 238 g/mol. The first-order chi connectivity index (χ1) is 7.42. The lowest BCUT2D eigenvalue weighted by Crippen LogP contribution is -2.47. The van der Waals surface area contributed by atoms with E-state index in [4.69, 9.17) is 0 Å². The molecule has 1 unspecified atom stereocenters. The molecule has 0 radical (unpaired) electrons. The lowest BCUT2D eigenvalue weighted by Gasteiger charge is -2.32. The third-order valence-corrected chi connectivity index (χ3v) is 2.80. The first kappa shape index (κ1) is 13.3. The maximum atomic E-state index is 11.9. The number of carbonyl (C=O) groups excluding carboxylic acids is 1. The zero-order valence-corrected chi connectivity index (χ0v) is 9.31. The molecule has 6 heteroatoms. The summed E-state index contributed by atoms with van der Waals surface area (Å²) < 4.78 is 35.8. The molecule has 0 aliphatic carbocycles. The fourth-order valence-corrected chi connectivity index (χ4v) is 1.85. The van der Waals surface area contributed by atoms with E-state index in [-0.39, 0.29) is 6.04 Å². The van der Waals surface area contributed by atoms with Gasteiger partial charge < -0.3 is 10.2 Å². The number of nitrogens with one attached hydrogen (secondary N) is 1. The van der Waals surface area contributed by atoms with Gasteiger partial charge in [0.25, 0.3) is 0 Å². The van der Waals surface area contributed by atoms with Gasteiger partial charge in [0.05, 0.1) is 6.42 Å². The van der Waals surface area contributed by atoms with Crippen molar-refractivity contribution in [2.45, 2.75) is 37.9 Å². The highest BCUT2D eigenvalue weighted by Gasteiger charge is 2.30. The van der Waals surface area contributed by atoms with Gasteiger partial charge in [-0.05, 0) is 19.9 Å². The summed E-state index contributed by atoms with van der Waals surface area (Å²) in [6.45, 7) is 1.10. The van der Waals surface area contributed by atoms with Crippen molar-refractivity contribution in [2.75, 3.05) is 20.1 Å². The van der Waals surface area contributed by atoms with Gasteiger partial charge in [-0.1, -0.05) is 0 Å². The molecule has 16 heavy (non-hydrogen) atoms. The van der Waals surface area contributed by atoms with Crippen molar-refractivity contribution < 1.29 is 18.0 Å². The summed E-state index contributed by atoms with van der Waals surface area (Å²) in [7, 11) is 1.80. The Bertz CT molecular complexity index is 243. The minimum atomic E-state index is -4.24. The third-order valence-electron chi connectivity index (χ3n) is 2.80. The van der Waals surface area contributed by atoms with E-state index >= 15 is 0 Å². The Balaban J connectivity index is 2.36. The van der Waals surface area contributed by atoms with Gasteiger partial charge in [0.1, 0.15) is 0 Å². The van der Waals surface area contributed by atoms with E-state index in [1.165, 1.54) is 4.90 Å². The number of piperidine rings is 1. The molecule has 0 spiro atoms. The summed E-state index contributed by atoms with van der Waals surface area (Å²) in [5.41, 5.74) is 0. The van der Waals surface area contributed by atoms with Crippen LogP contribution in [0.15, 0.2) is 0 Å². The molecule has 3 nitrogen and oxygen atoms in total. The van der Waals surface area contributed by atoms with Crippen LogP contribution in [-0.4, -0.2) is 43.2 Å². The van der Waals surface area contributed by atoms with E-state index in [2.05, 4.69) is 5.32 Å². The van der Waals surface area contributed by atoms with Gasteiger partial charge in [-0.15, -0.1) is 0 Å². The summed E-state index contributed by atoms with van der Waals surface area (Å²) in [6, 6.07) is 0.212. The van der Waals surface area contributed by atoms with Crippen molar-refractivity contribution in [2.24, 2.45) is 0 Å². The fraction of sp³-hybridized carbons (Fsp3) is 0.900. The number of amides is 1. The standard InChI is InChI=1S/C10H17F3N2O/c1-14-8-3-2-6-15(7-8)9(16)4-5-10(11,12)13/h8,14H,2-7H2,1H3. The Morgan fingerprint density at radius 1 is 1.50 bits per heavy atom. The highest BCUT2D eigenvalue weighted by Crippen LogP contribution is 2.22. The molecule has 0 aromatic carbocycles. The predicted molar refractivity (Wildman–Crippen MR) is 54.0 cm³/mol. The molecule has 1 aliphatic rings. The lowest BCUT2D eigenvalue weighted by atomic mass is 10.1. The zero-order valence-electron chi connectivity index (χ0n) is 9.31. The van der Waals surface area contributed by atoms with Crippen molar-refractivity contribution >= 4 is 5.91 Å². The molecule has 1 atom stereocenters. The van der Waals surface area contributed by atoms with Gasteiger partial charge in [0, 0.05) is 25.6 Å². The molecule has 1 rings (SSSR count). The number of hydrogen-bond donors (Lipinski definition) is 1. The van der Waals surface area contributed by atoms with Crippen LogP contribution in [0, 0.1) is 0 Å².